The lowest BCUT2D eigenvalue weighted by atomic mass is 10.2. The van der Waals surface area contributed by atoms with Crippen LogP contribution in [0.4, 0.5) is 0 Å². The summed E-state index contributed by atoms with van der Waals surface area (Å²) in [4.78, 5) is 0. The van der Waals surface area contributed by atoms with E-state index in [1.54, 1.807) is 0 Å². The molecule has 0 bridgehead atoms. The van der Waals surface area contributed by atoms with E-state index in [0.29, 0.717) is 18.5 Å². The Morgan fingerprint density at radius 2 is 2.43 bits per heavy atom. The van der Waals surface area contributed by atoms with Crippen LogP contribution < -0.4 is 5.73 Å². The van der Waals surface area contributed by atoms with Gasteiger partial charge >= 0.3 is 0 Å². The van der Waals surface area contributed by atoms with E-state index in [1.165, 1.54) is 0 Å². The highest BCUT2D eigenvalue weighted by atomic mass is 16.3. The van der Waals surface area contributed by atoms with Crippen molar-refractivity contribution in [2.75, 3.05) is 6.61 Å². The first kappa shape index (κ1) is 9.61. The van der Waals surface area contributed by atoms with E-state index in [4.69, 9.17) is 10.8 Å². The van der Waals surface area contributed by atoms with E-state index in [9.17, 15) is 0 Å². The van der Waals surface area contributed by atoms with Crippen LogP contribution >= 0.6 is 0 Å². The third-order valence-corrected chi connectivity index (χ3v) is 2.75. The van der Waals surface area contributed by atoms with Gasteiger partial charge in [-0.05, 0) is 19.3 Å². The van der Waals surface area contributed by atoms with Crippen molar-refractivity contribution in [3.63, 3.8) is 0 Å². The molecule has 1 fully saturated rings. The fourth-order valence-corrected chi connectivity index (χ4v) is 1.95. The van der Waals surface area contributed by atoms with Crippen molar-refractivity contribution >= 4 is 0 Å². The van der Waals surface area contributed by atoms with E-state index in [2.05, 4.69) is 10.3 Å². The van der Waals surface area contributed by atoms with E-state index < -0.39 is 0 Å². The first-order valence-electron chi connectivity index (χ1n) is 5.06. The maximum Gasteiger partial charge on any atom is 0.0850 e. The smallest absolute Gasteiger partial charge is 0.0850 e. The summed E-state index contributed by atoms with van der Waals surface area (Å²) in [6.07, 6.45) is 5.64. The summed E-state index contributed by atoms with van der Waals surface area (Å²) in [5.41, 5.74) is 6.68. The lowest BCUT2D eigenvalue weighted by Gasteiger charge is -2.07. The predicted molar refractivity (Wildman–Crippen MR) is 51.7 cm³/mol. The third kappa shape index (κ3) is 1.93. The number of nitrogens with two attached hydrogens (primary N) is 1. The Morgan fingerprint density at radius 1 is 1.57 bits per heavy atom. The quantitative estimate of drug-likeness (QED) is 0.705. The average Bonchev–Trinajstić information content (AvgIpc) is 2.74. The van der Waals surface area contributed by atoms with Crippen LogP contribution in [0.3, 0.4) is 0 Å². The molecule has 0 saturated heterocycles. The Bertz CT molecular complexity index is 299. The lowest BCUT2D eigenvalue weighted by molar-refractivity contribution is 0.298. The summed E-state index contributed by atoms with van der Waals surface area (Å²) in [5.74, 6) is 0. The first-order chi connectivity index (χ1) is 6.79. The Hall–Kier alpha value is -0.940. The molecule has 0 aliphatic heterocycles. The van der Waals surface area contributed by atoms with Crippen molar-refractivity contribution in [2.45, 2.75) is 37.8 Å². The van der Waals surface area contributed by atoms with Gasteiger partial charge in [-0.3, -0.25) is 0 Å². The predicted octanol–water partition coefficient (Wildman–Crippen LogP) is -0.135. The van der Waals surface area contributed by atoms with Crippen LogP contribution in [0, 0.1) is 0 Å². The van der Waals surface area contributed by atoms with E-state index in [0.717, 1.165) is 25.0 Å². The van der Waals surface area contributed by atoms with Gasteiger partial charge in [-0.15, -0.1) is 5.10 Å². The molecule has 1 aliphatic rings. The van der Waals surface area contributed by atoms with Gasteiger partial charge in [0.2, 0.25) is 0 Å². The molecule has 3 N–H and O–H groups in total. The van der Waals surface area contributed by atoms with Gasteiger partial charge in [0, 0.05) is 25.3 Å². The normalized spacial score (nSPS) is 27.0. The lowest BCUT2D eigenvalue weighted by Crippen LogP contribution is -2.16. The molecule has 1 aliphatic carbocycles. The molecule has 0 unspecified atom stereocenters. The van der Waals surface area contributed by atoms with Crippen molar-refractivity contribution in [2.24, 2.45) is 5.73 Å². The summed E-state index contributed by atoms with van der Waals surface area (Å²) < 4.78 is 1.89. The number of aliphatic hydroxyl groups excluding tert-OH is 1. The fraction of sp³-hybridized carbons (Fsp3) is 0.778. The molecule has 0 radical (unpaired) electrons. The molecule has 1 saturated carbocycles. The highest BCUT2D eigenvalue weighted by molar-refractivity contribution is 4.95. The van der Waals surface area contributed by atoms with Crippen LogP contribution in [0.5, 0.6) is 0 Å². The molecule has 1 heterocycles. The number of hydrogen-bond acceptors (Lipinski definition) is 4. The highest BCUT2D eigenvalue weighted by Crippen LogP contribution is 2.27. The molecule has 0 amide bonds. The van der Waals surface area contributed by atoms with Crippen LogP contribution in [0.25, 0.3) is 0 Å². The summed E-state index contributed by atoms with van der Waals surface area (Å²) in [5, 5.41) is 16.8. The van der Waals surface area contributed by atoms with Crippen LogP contribution in [-0.4, -0.2) is 32.7 Å². The Kier molecular flexibility index (Phi) is 2.79. The molecule has 78 valence electrons. The van der Waals surface area contributed by atoms with Crippen LogP contribution in [0.2, 0.25) is 0 Å². The largest absolute Gasteiger partial charge is 0.396 e. The molecule has 2 rings (SSSR count). The number of aromatic nitrogens is 3. The van der Waals surface area contributed by atoms with Crippen molar-refractivity contribution < 1.29 is 5.11 Å². The van der Waals surface area contributed by atoms with Crippen molar-refractivity contribution in [3.8, 4) is 0 Å². The first-order valence-corrected chi connectivity index (χ1v) is 5.06. The summed E-state index contributed by atoms with van der Waals surface area (Å²) in [6, 6.07) is 0.718. The van der Waals surface area contributed by atoms with Gasteiger partial charge in [-0.25, -0.2) is 4.68 Å². The molecule has 14 heavy (non-hydrogen) atoms. The van der Waals surface area contributed by atoms with Gasteiger partial charge in [0.25, 0.3) is 0 Å². The van der Waals surface area contributed by atoms with Gasteiger partial charge in [0.05, 0.1) is 11.7 Å². The molecule has 5 heteroatoms. The Balaban J connectivity index is 2.02. The van der Waals surface area contributed by atoms with Crippen molar-refractivity contribution in [1.29, 1.82) is 0 Å². The number of aliphatic hydroxyl groups is 1. The van der Waals surface area contributed by atoms with Crippen LogP contribution in [0.15, 0.2) is 6.20 Å². The highest BCUT2D eigenvalue weighted by Gasteiger charge is 2.23. The second kappa shape index (κ2) is 4.06. The Labute approximate surface area is 82.9 Å². The summed E-state index contributed by atoms with van der Waals surface area (Å²) in [7, 11) is 0. The molecule has 1 aromatic heterocycles. The molecule has 0 aromatic carbocycles. The third-order valence-electron chi connectivity index (χ3n) is 2.75. The molecule has 5 nitrogen and oxygen atoms in total. The van der Waals surface area contributed by atoms with Gasteiger partial charge in [-0.2, -0.15) is 0 Å². The molecule has 1 aromatic rings. The minimum absolute atomic E-state index is 0.128. The zero-order valence-electron chi connectivity index (χ0n) is 8.13. The van der Waals surface area contributed by atoms with Gasteiger partial charge in [0.1, 0.15) is 0 Å². The van der Waals surface area contributed by atoms with Crippen molar-refractivity contribution in [1.82, 2.24) is 15.0 Å². The standard InChI is InChI=1S/C9H16N4O/c10-7-1-2-9(5-7)13-6-8(3-4-14)11-12-13/h6-7,9,14H,1-5,10H2/t7-,9+/m0/s1. The van der Waals surface area contributed by atoms with Crippen molar-refractivity contribution in [3.05, 3.63) is 11.9 Å². The van der Waals surface area contributed by atoms with Gasteiger partial charge in [0.15, 0.2) is 0 Å². The molecular weight excluding hydrogens is 180 g/mol. The summed E-state index contributed by atoms with van der Waals surface area (Å²) >= 11 is 0. The van der Waals surface area contributed by atoms with E-state index >= 15 is 0 Å². The van der Waals surface area contributed by atoms with Crippen LogP contribution in [0.1, 0.15) is 31.0 Å². The molecular formula is C9H16N4O. The SMILES string of the molecule is N[C@H]1CC[C@@H](n2cc(CCO)nn2)C1. The minimum atomic E-state index is 0.128. The second-order valence-electron chi connectivity index (χ2n) is 3.89. The van der Waals surface area contributed by atoms with E-state index in [1.807, 2.05) is 10.9 Å². The number of nitrogens with zero attached hydrogens (tertiary/aromatic N) is 3. The summed E-state index contributed by atoms with van der Waals surface area (Å²) in [6.45, 7) is 0.128. The number of rotatable bonds is 3. The molecule has 0 spiro atoms. The zero-order chi connectivity index (χ0) is 9.97. The molecule has 2 atom stereocenters. The number of hydrogen-bond donors (Lipinski definition) is 2. The second-order valence-corrected chi connectivity index (χ2v) is 3.89. The average molecular weight is 196 g/mol. The maximum atomic E-state index is 8.74. The van der Waals surface area contributed by atoms with Gasteiger partial charge in [-0.1, -0.05) is 5.21 Å². The minimum Gasteiger partial charge on any atom is -0.396 e. The van der Waals surface area contributed by atoms with Crippen LogP contribution in [-0.2, 0) is 6.42 Å². The Morgan fingerprint density at radius 3 is 3.07 bits per heavy atom. The van der Waals surface area contributed by atoms with Gasteiger partial charge < -0.3 is 10.8 Å². The monoisotopic (exact) mass is 196 g/mol. The fourth-order valence-electron chi connectivity index (χ4n) is 1.95. The van der Waals surface area contributed by atoms with E-state index in [-0.39, 0.29) is 6.61 Å². The zero-order valence-corrected chi connectivity index (χ0v) is 8.13. The topological polar surface area (TPSA) is 77.0 Å². The maximum absolute atomic E-state index is 8.74.